The average molecular weight is 290 g/mol. The Hall–Kier alpha value is -1.94. The maximum atomic E-state index is 12.4. The Bertz CT molecular complexity index is 616. The number of carbonyl (C=O) groups excluding carboxylic acids is 1. The van der Waals surface area contributed by atoms with Crippen molar-refractivity contribution in [2.45, 2.75) is 26.2 Å². The van der Waals surface area contributed by atoms with E-state index in [-0.39, 0.29) is 11.8 Å². The van der Waals surface area contributed by atoms with Crippen LogP contribution in [0.15, 0.2) is 36.8 Å². The van der Waals surface area contributed by atoms with Crippen LogP contribution < -0.4 is 5.32 Å². The molecule has 1 amide bonds. The van der Waals surface area contributed by atoms with Gasteiger partial charge in [-0.1, -0.05) is 30.7 Å². The van der Waals surface area contributed by atoms with Crippen LogP contribution in [-0.4, -0.2) is 15.9 Å². The number of halogens is 1. The number of hydrogen-bond acceptors (Lipinski definition) is 3. The molecule has 1 atom stereocenters. The summed E-state index contributed by atoms with van der Waals surface area (Å²) in [6.45, 7) is 3.80. The lowest BCUT2D eigenvalue weighted by molar-refractivity contribution is -0.117. The van der Waals surface area contributed by atoms with E-state index in [0.29, 0.717) is 17.1 Å². The molecule has 1 aromatic carbocycles. The second-order valence-electron chi connectivity index (χ2n) is 4.53. The standard InChI is InChI=1S/C15H16ClN3O/c1-3-13(11-5-4-6-12(16)7-11)15(20)19-14-8-17-9-18-10(14)2/h4-9,13H,3H2,1-2H3,(H,19,20). The van der Waals surface area contributed by atoms with Crippen molar-refractivity contribution in [3.63, 3.8) is 0 Å². The predicted molar refractivity (Wildman–Crippen MR) is 79.9 cm³/mol. The van der Waals surface area contributed by atoms with Crippen molar-refractivity contribution in [3.05, 3.63) is 53.1 Å². The van der Waals surface area contributed by atoms with Gasteiger partial charge < -0.3 is 5.32 Å². The molecule has 0 aliphatic heterocycles. The lowest BCUT2D eigenvalue weighted by atomic mass is 9.95. The third-order valence-electron chi connectivity index (χ3n) is 3.15. The van der Waals surface area contributed by atoms with Gasteiger partial charge in [0.25, 0.3) is 0 Å². The molecule has 0 spiro atoms. The Morgan fingerprint density at radius 1 is 1.45 bits per heavy atom. The van der Waals surface area contributed by atoms with E-state index < -0.39 is 0 Å². The Balaban J connectivity index is 2.20. The first kappa shape index (κ1) is 14.5. The number of carbonyl (C=O) groups is 1. The molecule has 0 saturated carbocycles. The van der Waals surface area contributed by atoms with Crippen molar-refractivity contribution in [2.75, 3.05) is 5.32 Å². The van der Waals surface area contributed by atoms with E-state index in [9.17, 15) is 4.79 Å². The van der Waals surface area contributed by atoms with Gasteiger partial charge in [0.15, 0.2) is 0 Å². The molecule has 1 N–H and O–H groups in total. The number of nitrogens with one attached hydrogen (secondary N) is 1. The van der Waals surface area contributed by atoms with E-state index in [1.807, 2.05) is 32.0 Å². The van der Waals surface area contributed by atoms with Crippen LogP contribution in [0.1, 0.15) is 30.5 Å². The fourth-order valence-corrected chi connectivity index (χ4v) is 2.23. The molecule has 0 fully saturated rings. The minimum atomic E-state index is -0.242. The molecule has 2 aromatic rings. The van der Waals surface area contributed by atoms with E-state index in [4.69, 9.17) is 11.6 Å². The number of amides is 1. The molecule has 0 aliphatic rings. The van der Waals surface area contributed by atoms with Gasteiger partial charge in [-0.2, -0.15) is 0 Å². The fraction of sp³-hybridized carbons (Fsp3) is 0.267. The molecular formula is C15H16ClN3O. The van der Waals surface area contributed by atoms with E-state index in [0.717, 1.165) is 11.3 Å². The van der Waals surface area contributed by atoms with E-state index in [1.165, 1.54) is 6.33 Å². The Labute approximate surface area is 123 Å². The monoisotopic (exact) mass is 289 g/mol. The summed E-state index contributed by atoms with van der Waals surface area (Å²) in [4.78, 5) is 20.4. The third-order valence-corrected chi connectivity index (χ3v) is 3.38. The van der Waals surface area contributed by atoms with E-state index in [2.05, 4.69) is 15.3 Å². The van der Waals surface area contributed by atoms with E-state index >= 15 is 0 Å². The second-order valence-corrected chi connectivity index (χ2v) is 4.96. The van der Waals surface area contributed by atoms with Gasteiger partial charge in [0.2, 0.25) is 5.91 Å². The lowest BCUT2D eigenvalue weighted by Crippen LogP contribution is -2.21. The predicted octanol–water partition coefficient (Wildman–Crippen LogP) is 3.57. The molecule has 2 rings (SSSR count). The maximum absolute atomic E-state index is 12.4. The van der Waals surface area contributed by atoms with Gasteiger partial charge in [-0.15, -0.1) is 0 Å². The summed E-state index contributed by atoms with van der Waals surface area (Å²) < 4.78 is 0. The van der Waals surface area contributed by atoms with Gasteiger partial charge in [0.1, 0.15) is 6.33 Å². The molecule has 1 heterocycles. The van der Waals surface area contributed by atoms with Crippen molar-refractivity contribution < 1.29 is 4.79 Å². The number of hydrogen-bond donors (Lipinski definition) is 1. The molecule has 0 radical (unpaired) electrons. The third kappa shape index (κ3) is 3.33. The molecule has 20 heavy (non-hydrogen) atoms. The van der Waals surface area contributed by atoms with Crippen molar-refractivity contribution in [1.29, 1.82) is 0 Å². The Morgan fingerprint density at radius 2 is 2.25 bits per heavy atom. The molecule has 4 nitrogen and oxygen atoms in total. The summed E-state index contributed by atoms with van der Waals surface area (Å²) >= 11 is 5.98. The van der Waals surface area contributed by atoms with Crippen molar-refractivity contribution in [3.8, 4) is 0 Å². The smallest absolute Gasteiger partial charge is 0.231 e. The quantitative estimate of drug-likeness (QED) is 0.936. The normalized spacial score (nSPS) is 11.9. The SMILES string of the molecule is CCC(C(=O)Nc1cncnc1C)c1cccc(Cl)c1. The number of anilines is 1. The molecule has 0 aliphatic carbocycles. The summed E-state index contributed by atoms with van der Waals surface area (Å²) in [6.07, 6.45) is 3.75. The molecular weight excluding hydrogens is 274 g/mol. The fourth-order valence-electron chi connectivity index (χ4n) is 2.03. The minimum Gasteiger partial charge on any atom is -0.323 e. The first-order valence-electron chi connectivity index (χ1n) is 6.44. The van der Waals surface area contributed by atoms with Crippen molar-refractivity contribution >= 4 is 23.2 Å². The van der Waals surface area contributed by atoms with Gasteiger partial charge in [0.05, 0.1) is 23.5 Å². The highest BCUT2D eigenvalue weighted by Gasteiger charge is 2.19. The van der Waals surface area contributed by atoms with Gasteiger partial charge in [-0.25, -0.2) is 9.97 Å². The molecule has 104 valence electrons. The van der Waals surface area contributed by atoms with Crippen molar-refractivity contribution in [1.82, 2.24) is 9.97 Å². The summed E-state index contributed by atoms with van der Waals surface area (Å²) in [5.74, 6) is -0.319. The average Bonchev–Trinajstić information content (AvgIpc) is 2.42. The van der Waals surface area contributed by atoms with Crippen LogP contribution in [0, 0.1) is 6.92 Å². The van der Waals surface area contributed by atoms with Crippen LogP contribution in [0.3, 0.4) is 0 Å². The molecule has 1 aromatic heterocycles. The second kappa shape index (κ2) is 6.48. The van der Waals surface area contributed by atoms with Crippen molar-refractivity contribution in [2.24, 2.45) is 0 Å². The van der Waals surface area contributed by atoms with Crippen LogP contribution in [0.2, 0.25) is 5.02 Å². The zero-order valence-corrected chi connectivity index (χ0v) is 12.2. The molecule has 0 bridgehead atoms. The topological polar surface area (TPSA) is 54.9 Å². The van der Waals surface area contributed by atoms with Crippen LogP contribution in [0.4, 0.5) is 5.69 Å². The Morgan fingerprint density at radius 3 is 2.90 bits per heavy atom. The first-order valence-corrected chi connectivity index (χ1v) is 6.82. The van der Waals surface area contributed by atoms with Gasteiger partial charge in [-0.3, -0.25) is 4.79 Å². The highest BCUT2D eigenvalue weighted by Crippen LogP contribution is 2.24. The number of nitrogens with zero attached hydrogens (tertiary/aromatic N) is 2. The van der Waals surface area contributed by atoms with Gasteiger partial charge in [0, 0.05) is 5.02 Å². The van der Waals surface area contributed by atoms with Crippen LogP contribution in [0.5, 0.6) is 0 Å². The number of rotatable bonds is 4. The molecule has 5 heteroatoms. The lowest BCUT2D eigenvalue weighted by Gasteiger charge is -2.16. The zero-order chi connectivity index (χ0) is 14.5. The van der Waals surface area contributed by atoms with Gasteiger partial charge >= 0.3 is 0 Å². The summed E-state index contributed by atoms with van der Waals surface area (Å²) in [5.41, 5.74) is 2.29. The van der Waals surface area contributed by atoms with Crippen LogP contribution in [0.25, 0.3) is 0 Å². The number of aromatic nitrogens is 2. The van der Waals surface area contributed by atoms with Crippen LogP contribution >= 0.6 is 11.6 Å². The molecule has 0 saturated heterocycles. The van der Waals surface area contributed by atoms with Crippen LogP contribution in [-0.2, 0) is 4.79 Å². The largest absolute Gasteiger partial charge is 0.323 e. The highest BCUT2D eigenvalue weighted by atomic mass is 35.5. The summed E-state index contributed by atoms with van der Waals surface area (Å²) in [5, 5.41) is 3.50. The Kier molecular flexibility index (Phi) is 4.69. The highest BCUT2D eigenvalue weighted by molar-refractivity contribution is 6.30. The molecule has 1 unspecified atom stereocenters. The number of aryl methyl sites for hydroxylation is 1. The minimum absolute atomic E-state index is 0.0762. The zero-order valence-electron chi connectivity index (χ0n) is 11.4. The summed E-state index contributed by atoms with van der Waals surface area (Å²) in [6, 6.07) is 7.38. The first-order chi connectivity index (χ1) is 9.61. The van der Waals surface area contributed by atoms with E-state index in [1.54, 1.807) is 12.3 Å². The number of benzene rings is 1. The summed E-state index contributed by atoms with van der Waals surface area (Å²) in [7, 11) is 0. The van der Waals surface area contributed by atoms with Gasteiger partial charge in [-0.05, 0) is 31.0 Å². The maximum Gasteiger partial charge on any atom is 0.231 e.